The average Bonchev–Trinajstić information content (AvgIpc) is 2.76. The average molecular weight is 194 g/mol. The lowest BCUT2D eigenvalue weighted by Gasteiger charge is -2.18. The second-order valence-corrected chi connectivity index (χ2v) is 4.17. The van der Waals surface area contributed by atoms with Gasteiger partial charge in [-0.3, -0.25) is 4.68 Å². The van der Waals surface area contributed by atoms with Crippen molar-refractivity contribution in [3.8, 4) is 0 Å². The van der Waals surface area contributed by atoms with Crippen LogP contribution in [0, 0.1) is 0 Å². The molecule has 2 rings (SSSR count). The number of rotatable bonds is 4. The Balaban J connectivity index is 1.75. The van der Waals surface area contributed by atoms with Crippen molar-refractivity contribution >= 4 is 0 Å². The van der Waals surface area contributed by atoms with Crippen molar-refractivity contribution < 1.29 is 0 Å². The molecule has 1 fully saturated rings. The third-order valence-electron chi connectivity index (χ3n) is 2.80. The summed E-state index contributed by atoms with van der Waals surface area (Å²) in [7, 11) is 0. The fraction of sp³-hybridized carbons (Fsp3) is 0.800. The summed E-state index contributed by atoms with van der Waals surface area (Å²) in [5.74, 6) is 0. The molecule has 0 radical (unpaired) electrons. The highest BCUT2D eigenvalue weighted by Crippen LogP contribution is 2.18. The van der Waals surface area contributed by atoms with Gasteiger partial charge in [-0.2, -0.15) is 5.10 Å². The van der Waals surface area contributed by atoms with E-state index < -0.39 is 0 Å². The predicted molar refractivity (Wildman–Crippen MR) is 54.9 cm³/mol. The van der Waals surface area contributed by atoms with E-state index in [0.29, 0.717) is 6.04 Å². The number of nitrogens with one attached hydrogen (secondary N) is 1. The van der Waals surface area contributed by atoms with Crippen LogP contribution in [0.4, 0.5) is 0 Å². The summed E-state index contributed by atoms with van der Waals surface area (Å²) < 4.78 is 1.88. The van der Waals surface area contributed by atoms with Crippen molar-refractivity contribution in [1.29, 1.82) is 0 Å². The maximum atomic E-state index is 4.10. The fourth-order valence-electron chi connectivity index (χ4n) is 2.16. The summed E-state index contributed by atoms with van der Waals surface area (Å²) in [6.07, 6.45) is 8.79. The summed E-state index contributed by atoms with van der Waals surface area (Å²) >= 11 is 0. The zero-order valence-corrected chi connectivity index (χ0v) is 8.69. The minimum atomic E-state index is 0.486. The van der Waals surface area contributed by atoms with Crippen LogP contribution in [0.5, 0.6) is 0 Å². The van der Waals surface area contributed by atoms with Crippen LogP contribution in [0.2, 0.25) is 0 Å². The Labute approximate surface area is 84.7 Å². The molecule has 1 heterocycles. The zero-order chi connectivity index (χ0) is 9.80. The first-order valence-electron chi connectivity index (χ1n) is 5.43. The summed E-state index contributed by atoms with van der Waals surface area (Å²) in [5, 5.41) is 7.72. The van der Waals surface area contributed by atoms with E-state index in [1.165, 1.54) is 25.7 Å². The van der Waals surface area contributed by atoms with Crippen molar-refractivity contribution in [3.05, 3.63) is 12.7 Å². The quantitative estimate of drug-likeness (QED) is 0.783. The van der Waals surface area contributed by atoms with Gasteiger partial charge in [-0.25, -0.2) is 4.98 Å². The van der Waals surface area contributed by atoms with Crippen LogP contribution in [-0.2, 0) is 6.54 Å². The molecule has 1 N–H and O–H groups in total. The second-order valence-electron chi connectivity index (χ2n) is 4.17. The minimum absolute atomic E-state index is 0.486. The molecule has 0 aliphatic heterocycles. The maximum absolute atomic E-state index is 4.10. The molecule has 4 heteroatoms. The normalized spacial score (nSPS) is 20.1. The number of nitrogens with zero attached hydrogens (tertiary/aromatic N) is 3. The summed E-state index contributed by atoms with van der Waals surface area (Å²) in [6.45, 7) is 3.12. The van der Waals surface area contributed by atoms with E-state index in [2.05, 4.69) is 22.3 Å². The molecule has 1 aliphatic rings. The monoisotopic (exact) mass is 194 g/mol. The number of aromatic nitrogens is 3. The van der Waals surface area contributed by atoms with E-state index in [0.717, 1.165) is 12.6 Å². The van der Waals surface area contributed by atoms with Crippen molar-refractivity contribution in [2.24, 2.45) is 0 Å². The van der Waals surface area contributed by atoms with Crippen LogP contribution in [0.15, 0.2) is 12.7 Å². The highest BCUT2D eigenvalue weighted by atomic mass is 15.3. The molecule has 1 saturated carbocycles. The van der Waals surface area contributed by atoms with Gasteiger partial charge in [0.1, 0.15) is 12.7 Å². The summed E-state index contributed by atoms with van der Waals surface area (Å²) in [6, 6.07) is 1.22. The van der Waals surface area contributed by atoms with Crippen LogP contribution in [0.1, 0.15) is 32.6 Å². The molecule has 1 aromatic heterocycles. The highest BCUT2D eigenvalue weighted by molar-refractivity contribution is 4.76. The molecule has 0 spiro atoms. The van der Waals surface area contributed by atoms with E-state index >= 15 is 0 Å². The Bertz CT molecular complexity index is 251. The van der Waals surface area contributed by atoms with E-state index in [1.54, 1.807) is 12.7 Å². The number of hydrogen-bond acceptors (Lipinski definition) is 3. The largest absolute Gasteiger partial charge is 0.310 e. The Morgan fingerprint density at radius 2 is 2.29 bits per heavy atom. The molecular formula is C10H18N4. The van der Waals surface area contributed by atoms with Crippen molar-refractivity contribution in [3.63, 3.8) is 0 Å². The molecule has 1 atom stereocenters. The molecule has 14 heavy (non-hydrogen) atoms. The molecule has 1 unspecified atom stereocenters. The first-order chi connectivity index (χ1) is 6.84. The zero-order valence-electron chi connectivity index (χ0n) is 8.69. The van der Waals surface area contributed by atoms with E-state index in [4.69, 9.17) is 0 Å². The van der Waals surface area contributed by atoms with Gasteiger partial charge in [-0.05, 0) is 19.8 Å². The standard InChI is InChI=1S/C10H18N4/c1-9(6-14-8-11-7-12-14)13-10-4-2-3-5-10/h7-10,13H,2-6H2,1H3. The highest BCUT2D eigenvalue weighted by Gasteiger charge is 2.16. The molecule has 0 saturated heterocycles. The van der Waals surface area contributed by atoms with Gasteiger partial charge in [-0.15, -0.1) is 0 Å². The van der Waals surface area contributed by atoms with Crippen LogP contribution in [-0.4, -0.2) is 26.8 Å². The first kappa shape index (κ1) is 9.65. The van der Waals surface area contributed by atoms with Gasteiger partial charge in [0.05, 0.1) is 6.54 Å². The van der Waals surface area contributed by atoms with E-state index in [9.17, 15) is 0 Å². The van der Waals surface area contributed by atoms with Gasteiger partial charge in [-0.1, -0.05) is 12.8 Å². The van der Waals surface area contributed by atoms with Crippen molar-refractivity contribution in [2.45, 2.75) is 51.2 Å². The smallest absolute Gasteiger partial charge is 0.137 e. The molecule has 1 aromatic rings. The SMILES string of the molecule is CC(Cn1cncn1)NC1CCCC1. The Morgan fingerprint density at radius 3 is 2.93 bits per heavy atom. The van der Waals surface area contributed by atoms with Crippen molar-refractivity contribution in [1.82, 2.24) is 20.1 Å². The van der Waals surface area contributed by atoms with Gasteiger partial charge in [0.25, 0.3) is 0 Å². The van der Waals surface area contributed by atoms with E-state index in [1.807, 2.05) is 4.68 Å². The molecule has 0 aromatic carbocycles. The van der Waals surface area contributed by atoms with Gasteiger partial charge in [0.2, 0.25) is 0 Å². The Hall–Kier alpha value is -0.900. The van der Waals surface area contributed by atoms with Gasteiger partial charge in [0, 0.05) is 12.1 Å². The minimum Gasteiger partial charge on any atom is -0.310 e. The third-order valence-corrected chi connectivity index (χ3v) is 2.80. The molecule has 0 amide bonds. The lowest BCUT2D eigenvalue weighted by atomic mass is 10.2. The number of hydrogen-bond donors (Lipinski definition) is 1. The second kappa shape index (κ2) is 4.55. The molecule has 4 nitrogen and oxygen atoms in total. The Kier molecular flexibility index (Phi) is 3.14. The van der Waals surface area contributed by atoms with Gasteiger partial charge < -0.3 is 5.32 Å². The first-order valence-corrected chi connectivity index (χ1v) is 5.43. The lowest BCUT2D eigenvalue weighted by molar-refractivity contribution is 0.396. The topological polar surface area (TPSA) is 42.7 Å². The molecule has 1 aliphatic carbocycles. The maximum Gasteiger partial charge on any atom is 0.137 e. The van der Waals surface area contributed by atoms with E-state index in [-0.39, 0.29) is 0 Å². The van der Waals surface area contributed by atoms with Crippen molar-refractivity contribution in [2.75, 3.05) is 0 Å². The molecule has 78 valence electrons. The summed E-state index contributed by atoms with van der Waals surface area (Å²) in [5.41, 5.74) is 0. The molecule has 0 bridgehead atoms. The van der Waals surface area contributed by atoms with Gasteiger partial charge in [0.15, 0.2) is 0 Å². The van der Waals surface area contributed by atoms with Crippen LogP contribution in [0.25, 0.3) is 0 Å². The summed E-state index contributed by atoms with van der Waals surface area (Å²) in [4.78, 5) is 3.93. The molecular weight excluding hydrogens is 176 g/mol. The van der Waals surface area contributed by atoms with Gasteiger partial charge >= 0.3 is 0 Å². The van der Waals surface area contributed by atoms with Crippen LogP contribution in [0.3, 0.4) is 0 Å². The third kappa shape index (κ3) is 2.54. The predicted octanol–water partition coefficient (Wildman–Crippen LogP) is 1.20. The fourth-order valence-corrected chi connectivity index (χ4v) is 2.16. The van der Waals surface area contributed by atoms with Crippen LogP contribution < -0.4 is 5.32 Å². The Morgan fingerprint density at radius 1 is 1.50 bits per heavy atom. The van der Waals surface area contributed by atoms with Crippen LogP contribution >= 0.6 is 0 Å². The lowest BCUT2D eigenvalue weighted by Crippen LogP contribution is -2.37.